The average Bonchev–Trinajstić information content (AvgIpc) is 3.26. The third-order valence-electron chi connectivity index (χ3n) is 4.69. The van der Waals surface area contributed by atoms with Crippen molar-refractivity contribution in [1.82, 2.24) is 14.9 Å². The lowest BCUT2D eigenvalue weighted by Gasteiger charge is -2.18. The lowest BCUT2D eigenvalue weighted by Crippen LogP contribution is -2.32. The maximum atomic E-state index is 14.1. The minimum Gasteiger partial charge on any atom is -0.470 e. The van der Waals surface area contributed by atoms with Gasteiger partial charge >= 0.3 is 0 Å². The first-order valence-corrected chi connectivity index (χ1v) is 9.77. The van der Waals surface area contributed by atoms with E-state index in [1.54, 1.807) is 11.8 Å². The van der Waals surface area contributed by atoms with Crippen LogP contribution in [-0.4, -0.2) is 51.0 Å². The molecule has 0 spiro atoms. The van der Waals surface area contributed by atoms with Crippen molar-refractivity contribution >= 4 is 17.7 Å². The van der Waals surface area contributed by atoms with Crippen LogP contribution in [0.3, 0.4) is 0 Å². The Morgan fingerprint density at radius 3 is 2.92 bits per heavy atom. The highest BCUT2D eigenvalue weighted by molar-refractivity contribution is 8.00. The summed E-state index contributed by atoms with van der Waals surface area (Å²) in [6, 6.07) is 0. The molecule has 1 aromatic rings. The summed E-state index contributed by atoms with van der Waals surface area (Å²) >= 11 is 1.78. The van der Waals surface area contributed by atoms with Gasteiger partial charge in [-0.2, -0.15) is 9.37 Å². The Morgan fingerprint density at radius 1 is 1.38 bits per heavy atom. The van der Waals surface area contributed by atoms with Gasteiger partial charge in [-0.05, 0) is 19.3 Å². The molecule has 0 N–H and O–H groups in total. The van der Waals surface area contributed by atoms with Gasteiger partial charge in [-0.25, -0.2) is 4.98 Å². The molecule has 3 rings (SSSR count). The van der Waals surface area contributed by atoms with Crippen molar-refractivity contribution in [2.75, 3.05) is 18.8 Å². The number of likely N-dealkylation sites (tertiary alicyclic amines) is 1. The lowest BCUT2D eigenvalue weighted by atomic mass is 10.3. The van der Waals surface area contributed by atoms with Crippen molar-refractivity contribution in [3.05, 3.63) is 17.8 Å². The minimum atomic E-state index is -0.485. The molecule has 1 amide bonds. The van der Waals surface area contributed by atoms with Gasteiger partial charge in [0.25, 0.3) is 5.88 Å². The van der Waals surface area contributed by atoms with Crippen LogP contribution in [0, 0.1) is 5.82 Å². The molecule has 1 saturated heterocycles. The molecule has 1 aliphatic heterocycles. The molecule has 1 aromatic heterocycles. The summed E-state index contributed by atoms with van der Waals surface area (Å²) in [5.74, 6) is 0.220. The molecule has 0 unspecified atom stereocenters. The number of halogens is 1. The van der Waals surface area contributed by atoms with Crippen molar-refractivity contribution in [2.45, 2.75) is 56.8 Å². The van der Waals surface area contributed by atoms with Gasteiger partial charge in [0.15, 0.2) is 0 Å². The summed E-state index contributed by atoms with van der Waals surface area (Å²) in [4.78, 5) is 21.9. The van der Waals surface area contributed by atoms with Crippen LogP contribution in [0.1, 0.15) is 44.7 Å². The van der Waals surface area contributed by atoms with E-state index in [4.69, 9.17) is 4.74 Å². The normalized spacial score (nSPS) is 21.4. The highest BCUT2D eigenvalue weighted by Gasteiger charge is 2.29. The van der Waals surface area contributed by atoms with E-state index < -0.39 is 5.82 Å². The number of thioether (sulfide) groups is 1. The summed E-state index contributed by atoms with van der Waals surface area (Å²) in [6.45, 7) is 3.02. The quantitative estimate of drug-likeness (QED) is 0.787. The number of aromatic nitrogens is 2. The molecule has 132 valence electrons. The maximum absolute atomic E-state index is 14.1. The third kappa shape index (κ3) is 4.18. The van der Waals surface area contributed by atoms with Crippen LogP contribution in [0.25, 0.3) is 0 Å². The predicted octanol–water partition coefficient (Wildman–Crippen LogP) is 2.83. The van der Waals surface area contributed by atoms with Crippen LogP contribution in [0.5, 0.6) is 5.88 Å². The lowest BCUT2D eigenvalue weighted by molar-refractivity contribution is -0.127. The zero-order valence-corrected chi connectivity index (χ0v) is 14.9. The molecular formula is C17H24FN3O2S. The van der Waals surface area contributed by atoms with Crippen molar-refractivity contribution in [2.24, 2.45) is 0 Å². The topological polar surface area (TPSA) is 55.3 Å². The molecule has 7 heteroatoms. The van der Waals surface area contributed by atoms with Gasteiger partial charge in [-0.3, -0.25) is 4.79 Å². The third-order valence-corrected chi connectivity index (χ3v) is 6.04. The predicted molar refractivity (Wildman–Crippen MR) is 91.7 cm³/mol. The first-order valence-electron chi connectivity index (χ1n) is 8.72. The van der Waals surface area contributed by atoms with E-state index in [1.165, 1.54) is 32.0 Å². The second-order valence-corrected chi connectivity index (χ2v) is 7.67. The smallest absolute Gasteiger partial charge is 0.254 e. The molecule has 2 heterocycles. The fourth-order valence-electron chi connectivity index (χ4n) is 3.26. The van der Waals surface area contributed by atoms with Crippen LogP contribution in [0.15, 0.2) is 6.33 Å². The molecule has 1 saturated carbocycles. The van der Waals surface area contributed by atoms with Gasteiger partial charge in [-0.15, -0.1) is 11.8 Å². The first-order chi connectivity index (χ1) is 11.7. The molecule has 5 nitrogen and oxygen atoms in total. The van der Waals surface area contributed by atoms with E-state index in [1.807, 2.05) is 11.8 Å². The van der Waals surface area contributed by atoms with Crippen LogP contribution < -0.4 is 4.74 Å². The Hall–Kier alpha value is -1.37. The second-order valence-electron chi connectivity index (χ2n) is 6.38. The summed E-state index contributed by atoms with van der Waals surface area (Å²) in [5, 5.41) is 0.645. The van der Waals surface area contributed by atoms with Gasteiger partial charge < -0.3 is 9.64 Å². The zero-order valence-electron chi connectivity index (χ0n) is 14.0. The van der Waals surface area contributed by atoms with E-state index in [-0.39, 0.29) is 17.9 Å². The molecule has 0 radical (unpaired) electrons. The van der Waals surface area contributed by atoms with Crippen LogP contribution >= 0.6 is 11.8 Å². The van der Waals surface area contributed by atoms with Gasteiger partial charge in [0.05, 0.1) is 18.0 Å². The fourth-order valence-corrected chi connectivity index (χ4v) is 4.49. The zero-order chi connectivity index (χ0) is 16.9. The van der Waals surface area contributed by atoms with Crippen molar-refractivity contribution in [3.8, 4) is 5.88 Å². The van der Waals surface area contributed by atoms with Gasteiger partial charge in [0.1, 0.15) is 12.4 Å². The number of rotatable bonds is 6. The number of ether oxygens (including phenoxy) is 1. The Kier molecular flexibility index (Phi) is 5.92. The molecule has 0 bridgehead atoms. The summed E-state index contributed by atoms with van der Waals surface area (Å²) in [5.41, 5.74) is 0.360. The Labute approximate surface area is 146 Å². The highest BCUT2D eigenvalue weighted by Crippen LogP contribution is 2.30. The van der Waals surface area contributed by atoms with Crippen molar-refractivity contribution in [3.63, 3.8) is 0 Å². The number of hydrogen-bond acceptors (Lipinski definition) is 5. The van der Waals surface area contributed by atoms with Crippen LogP contribution in [0.4, 0.5) is 4.39 Å². The van der Waals surface area contributed by atoms with Gasteiger partial charge in [0.2, 0.25) is 11.7 Å². The van der Waals surface area contributed by atoms with E-state index >= 15 is 0 Å². The van der Waals surface area contributed by atoms with Crippen molar-refractivity contribution < 1.29 is 13.9 Å². The van der Waals surface area contributed by atoms with E-state index in [9.17, 15) is 9.18 Å². The molecule has 0 aromatic carbocycles. The second kappa shape index (κ2) is 8.14. The molecule has 1 aliphatic carbocycles. The Bertz CT molecular complexity index is 581. The number of carbonyl (C=O) groups is 1. The highest BCUT2D eigenvalue weighted by atomic mass is 32.2. The van der Waals surface area contributed by atoms with Crippen molar-refractivity contribution in [1.29, 1.82) is 0 Å². The molecular weight excluding hydrogens is 329 g/mol. The average molecular weight is 353 g/mol. The summed E-state index contributed by atoms with van der Waals surface area (Å²) < 4.78 is 19.8. The van der Waals surface area contributed by atoms with E-state index in [0.29, 0.717) is 42.6 Å². The van der Waals surface area contributed by atoms with Crippen LogP contribution in [-0.2, 0) is 11.2 Å². The number of carbonyl (C=O) groups excluding carboxylic acids is 1. The maximum Gasteiger partial charge on any atom is 0.254 e. The molecule has 2 fully saturated rings. The largest absolute Gasteiger partial charge is 0.470 e. The SMILES string of the molecule is CCc1ncnc(O[C@@H]2CCN(C(=O)CSC3CCCC3)C2)c1F. The van der Waals surface area contributed by atoms with E-state index in [0.717, 1.165) is 0 Å². The molecule has 24 heavy (non-hydrogen) atoms. The van der Waals surface area contributed by atoms with Crippen LogP contribution in [0.2, 0.25) is 0 Å². The number of nitrogens with zero attached hydrogens (tertiary/aromatic N) is 3. The van der Waals surface area contributed by atoms with Gasteiger partial charge in [0, 0.05) is 18.2 Å². The minimum absolute atomic E-state index is 0.00137. The number of amides is 1. The molecule has 2 aliphatic rings. The monoisotopic (exact) mass is 353 g/mol. The standard InChI is InChI=1S/C17H24FN3O2S/c1-2-14-16(18)17(20-11-19-14)23-12-7-8-21(9-12)15(22)10-24-13-5-3-4-6-13/h11-13H,2-10H2,1H3/t12-/m1/s1. The Balaban J connectivity index is 1.49. The summed E-state index contributed by atoms with van der Waals surface area (Å²) in [6.07, 6.45) is 7.38. The van der Waals surface area contributed by atoms with E-state index in [2.05, 4.69) is 9.97 Å². The van der Waals surface area contributed by atoms with Gasteiger partial charge in [-0.1, -0.05) is 19.8 Å². The number of aryl methyl sites for hydroxylation is 1. The molecule has 1 atom stereocenters. The first kappa shape index (κ1) is 17.5. The summed E-state index contributed by atoms with van der Waals surface area (Å²) in [7, 11) is 0. The number of hydrogen-bond donors (Lipinski definition) is 0. The Morgan fingerprint density at radius 2 is 2.17 bits per heavy atom. The fraction of sp³-hybridized carbons (Fsp3) is 0.706.